The van der Waals surface area contributed by atoms with Crippen molar-refractivity contribution < 1.29 is 33.3 Å². The van der Waals surface area contributed by atoms with Crippen LogP contribution in [0.2, 0.25) is 0 Å². The number of nitrogens with one attached hydrogen (secondary N) is 1. The fourth-order valence-corrected chi connectivity index (χ4v) is 2.07. The van der Waals surface area contributed by atoms with Crippen molar-refractivity contribution in [1.29, 1.82) is 0 Å². The Hall–Kier alpha value is -2.39. The van der Waals surface area contributed by atoms with Gasteiger partial charge >= 0.3 is 18.0 Å². The van der Waals surface area contributed by atoms with E-state index in [4.69, 9.17) is 18.9 Å². The highest BCUT2D eigenvalue weighted by atomic mass is 16.6. The van der Waals surface area contributed by atoms with Gasteiger partial charge in [-0.15, -0.1) is 0 Å². The SMILES string of the molecule is C=CC(=O)OCC(C)(COC(=O)C=C)NC(=O)OCCN1CCOCC1. The number of carbonyl (C=O) groups is 3. The quantitative estimate of drug-likeness (QED) is 0.332. The standard InChI is InChI=1S/C17H26N2O7/c1-4-14(20)25-12-17(3,13-26-15(21)5-2)18-16(22)24-11-8-19-6-9-23-10-7-19/h4-5H,1-2,6-13H2,3H3,(H,18,22). The number of carbonyl (C=O) groups excluding carboxylic acids is 3. The highest BCUT2D eigenvalue weighted by molar-refractivity contribution is 5.81. The van der Waals surface area contributed by atoms with Crippen molar-refractivity contribution in [1.82, 2.24) is 10.2 Å². The molecule has 9 nitrogen and oxygen atoms in total. The molecule has 0 spiro atoms. The van der Waals surface area contributed by atoms with Gasteiger partial charge in [-0.3, -0.25) is 4.90 Å². The highest BCUT2D eigenvalue weighted by Crippen LogP contribution is 2.08. The molecule has 1 aliphatic heterocycles. The summed E-state index contributed by atoms with van der Waals surface area (Å²) < 4.78 is 20.3. The van der Waals surface area contributed by atoms with Crippen LogP contribution in [0.25, 0.3) is 0 Å². The van der Waals surface area contributed by atoms with Crippen LogP contribution in [0.15, 0.2) is 25.3 Å². The first kappa shape index (κ1) is 21.7. The maximum absolute atomic E-state index is 12.0. The van der Waals surface area contributed by atoms with E-state index in [2.05, 4.69) is 23.4 Å². The van der Waals surface area contributed by atoms with E-state index >= 15 is 0 Å². The summed E-state index contributed by atoms with van der Waals surface area (Å²) >= 11 is 0. The lowest BCUT2D eigenvalue weighted by Crippen LogP contribution is -2.54. The predicted octanol–water partition coefficient (Wildman–Crippen LogP) is 0.262. The average molecular weight is 370 g/mol. The number of hydrogen-bond acceptors (Lipinski definition) is 8. The summed E-state index contributed by atoms with van der Waals surface area (Å²) in [6, 6.07) is 0. The number of rotatable bonds is 10. The van der Waals surface area contributed by atoms with Gasteiger partial charge in [0.1, 0.15) is 25.4 Å². The van der Waals surface area contributed by atoms with E-state index in [0.29, 0.717) is 19.8 Å². The normalized spacial score (nSPS) is 14.8. The van der Waals surface area contributed by atoms with Crippen LogP contribution in [-0.2, 0) is 28.5 Å². The van der Waals surface area contributed by atoms with Crippen molar-refractivity contribution in [3.05, 3.63) is 25.3 Å². The second-order valence-electron chi connectivity index (χ2n) is 5.90. The van der Waals surface area contributed by atoms with Gasteiger partial charge < -0.3 is 24.3 Å². The zero-order valence-electron chi connectivity index (χ0n) is 15.0. The summed E-state index contributed by atoms with van der Waals surface area (Å²) in [5.41, 5.74) is -1.16. The highest BCUT2D eigenvalue weighted by Gasteiger charge is 2.31. The van der Waals surface area contributed by atoms with Gasteiger partial charge in [0.15, 0.2) is 0 Å². The zero-order valence-corrected chi connectivity index (χ0v) is 15.0. The van der Waals surface area contributed by atoms with E-state index in [-0.39, 0.29) is 19.8 Å². The maximum Gasteiger partial charge on any atom is 0.407 e. The molecule has 1 amide bonds. The minimum Gasteiger partial charge on any atom is -0.460 e. The summed E-state index contributed by atoms with van der Waals surface area (Å²) in [5, 5.41) is 2.56. The van der Waals surface area contributed by atoms with Crippen LogP contribution in [0.5, 0.6) is 0 Å². The first-order valence-electron chi connectivity index (χ1n) is 8.22. The van der Waals surface area contributed by atoms with E-state index in [1.54, 1.807) is 6.92 Å². The van der Waals surface area contributed by atoms with E-state index in [1.165, 1.54) is 0 Å². The van der Waals surface area contributed by atoms with Gasteiger partial charge in [0.25, 0.3) is 0 Å². The lowest BCUT2D eigenvalue weighted by Gasteiger charge is -2.29. The molecule has 26 heavy (non-hydrogen) atoms. The van der Waals surface area contributed by atoms with Crippen LogP contribution in [0.3, 0.4) is 0 Å². The molecule has 0 bridgehead atoms. The van der Waals surface area contributed by atoms with Crippen LogP contribution in [-0.4, -0.2) is 81.1 Å². The van der Waals surface area contributed by atoms with Crippen molar-refractivity contribution >= 4 is 18.0 Å². The summed E-state index contributed by atoms with van der Waals surface area (Å²) in [6.45, 7) is 11.4. The lowest BCUT2D eigenvalue weighted by molar-refractivity contribution is -0.144. The van der Waals surface area contributed by atoms with E-state index in [9.17, 15) is 14.4 Å². The molecular formula is C17H26N2O7. The van der Waals surface area contributed by atoms with Crippen molar-refractivity contribution in [3.8, 4) is 0 Å². The van der Waals surface area contributed by atoms with Gasteiger partial charge in [-0.25, -0.2) is 14.4 Å². The second-order valence-corrected chi connectivity index (χ2v) is 5.90. The molecule has 1 N–H and O–H groups in total. The van der Waals surface area contributed by atoms with Gasteiger partial charge in [0.2, 0.25) is 0 Å². The Labute approximate surface area is 152 Å². The summed E-state index contributed by atoms with van der Waals surface area (Å²) in [7, 11) is 0. The minimum absolute atomic E-state index is 0.195. The predicted molar refractivity (Wildman–Crippen MR) is 92.5 cm³/mol. The minimum atomic E-state index is -1.16. The molecule has 9 heteroatoms. The van der Waals surface area contributed by atoms with Crippen LogP contribution in [0, 0.1) is 0 Å². The van der Waals surface area contributed by atoms with Gasteiger partial charge in [-0.05, 0) is 6.92 Å². The topological polar surface area (TPSA) is 103 Å². The first-order valence-corrected chi connectivity index (χ1v) is 8.22. The van der Waals surface area contributed by atoms with Crippen LogP contribution >= 0.6 is 0 Å². The van der Waals surface area contributed by atoms with E-state index < -0.39 is 23.6 Å². The van der Waals surface area contributed by atoms with Crippen LogP contribution < -0.4 is 5.32 Å². The average Bonchev–Trinajstić information content (AvgIpc) is 2.65. The third kappa shape index (κ3) is 8.63. The molecule has 1 heterocycles. The molecule has 0 atom stereocenters. The molecule has 0 aromatic rings. The monoisotopic (exact) mass is 370 g/mol. The van der Waals surface area contributed by atoms with Gasteiger partial charge in [-0.1, -0.05) is 13.2 Å². The number of alkyl carbamates (subject to hydrolysis) is 1. The van der Waals surface area contributed by atoms with Crippen LogP contribution in [0.4, 0.5) is 4.79 Å². The smallest absolute Gasteiger partial charge is 0.407 e. The van der Waals surface area contributed by atoms with Crippen molar-refractivity contribution in [2.75, 3.05) is 52.7 Å². The third-order valence-corrected chi connectivity index (χ3v) is 3.55. The molecule has 1 saturated heterocycles. The molecule has 1 rings (SSSR count). The molecule has 0 aliphatic carbocycles. The summed E-state index contributed by atoms with van der Waals surface area (Å²) in [6.07, 6.45) is 1.29. The second kappa shape index (κ2) is 11.3. The molecule has 0 saturated carbocycles. The Balaban J connectivity index is 2.48. The Bertz CT molecular complexity index is 491. The molecule has 1 fully saturated rings. The molecule has 0 aromatic carbocycles. The number of ether oxygens (including phenoxy) is 4. The van der Waals surface area contributed by atoms with Gasteiger partial charge in [-0.2, -0.15) is 0 Å². The summed E-state index contributed by atoms with van der Waals surface area (Å²) in [4.78, 5) is 36.7. The van der Waals surface area contributed by atoms with E-state index in [0.717, 1.165) is 25.2 Å². The molecule has 146 valence electrons. The Morgan fingerprint density at radius 1 is 1.08 bits per heavy atom. The molecule has 0 radical (unpaired) electrons. The Kier molecular flexibility index (Phi) is 9.38. The maximum atomic E-state index is 12.0. The molecule has 1 aliphatic rings. The van der Waals surface area contributed by atoms with Crippen LogP contribution in [0.1, 0.15) is 6.92 Å². The Morgan fingerprint density at radius 3 is 2.12 bits per heavy atom. The Morgan fingerprint density at radius 2 is 1.62 bits per heavy atom. The number of amides is 1. The van der Waals surface area contributed by atoms with E-state index in [1.807, 2.05) is 0 Å². The number of hydrogen-bond donors (Lipinski definition) is 1. The molecule has 0 aromatic heterocycles. The fraction of sp³-hybridized carbons (Fsp3) is 0.588. The van der Waals surface area contributed by atoms with Crippen molar-refractivity contribution in [3.63, 3.8) is 0 Å². The number of nitrogens with zero attached hydrogens (tertiary/aromatic N) is 1. The summed E-state index contributed by atoms with van der Waals surface area (Å²) in [5.74, 6) is -1.32. The number of morpholine rings is 1. The fourth-order valence-electron chi connectivity index (χ4n) is 2.07. The van der Waals surface area contributed by atoms with Gasteiger partial charge in [0, 0.05) is 31.8 Å². The van der Waals surface area contributed by atoms with Crippen molar-refractivity contribution in [2.24, 2.45) is 0 Å². The number of esters is 2. The molecular weight excluding hydrogens is 344 g/mol. The van der Waals surface area contributed by atoms with Crippen molar-refractivity contribution in [2.45, 2.75) is 12.5 Å². The largest absolute Gasteiger partial charge is 0.460 e. The zero-order chi connectivity index (χ0) is 19.4. The lowest BCUT2D eigenvalue weighted by atomic mass is 10.1. The first-order chi connectivity index (χ1) is 12.4. The third-order valence-electron chi connectivity index (χ3n) is 3.55. The molecule has 0 unspecified atom stereocenters. The van der Waals surface area contributed by atoms with Gasteiger partial charge in [0.05, 0.1) is 13.2 Å².